The summed E-state index contributed by atoms with van der Waals surface area (Å²) in [6.07, 6.45) is 0.687. The predicted molar refractivity (Wildman–Crippen MR) is 77.6 cm³/mol. The minimum Gasteiger partial charge on any atom is -0.480 e. The molecule has 1 aliphatic rings. The predicted octanol–water partition coefficient (Wildman–Crippen LogP) is 2.75. The van der Waals surface area contributed by atoms with E-state index in [4.69, 9.17) is 5.11 Å². The van der Waals surface area contributed by atoms with Crippen LogP contribution < -0.4 is 5.32 Å². The third-order valence-corrected chi connectivity index (χ3v) is 4.63. The van der Waals surface area contributed by atoms with Gasteiger partial charge in [-0.05, 0) is 29.3 Å². The summed E-state index contributed by atoms with van der Waals surface area (Å²) in [6.45, 7) is 0.758. The monoisotopic (exact) mass is 273 g/mol. The molecule has 0 saturated carbocycles. The number of benzene rings is 2. The molecule has 2 aromatic rings. The average Bonchev–Trinajstić information content (AvgIpc) is 2.87. The molecule has 2 N–H and O–H groups in total. The lowest BCUT2D eigenvalue weighted by Crippen LogP contribution is -2.29. The second kappa shape index (κ2) is 5.23. The van der Waals surface area contributed by atoms with Crippen molar-refractivity contribution < 1.29 is 9.90 Å². The van der Waals surface area contributed by atoms with Crippen LogP contribution in [0.3, 0.4) is 0 Å². The highest BCUT2D eigenvalue weighted by Gasteiger charge is 2.29. The summed E-state index contributed by atoms with van der Waals surface area (Å²) in [5, 5.41) is 14.8. The third kappa shape index (κ3) is 2.74. The second-order valence-electron chi connectivity index (χ2n) is 4.78. The van der Waals surface area contributed by atoms with Crippen LogP contribution in [-0.2, 0) is 4.79 Å². The summed E-state index contributed by atoms with van der Waals surface area (Å²) in [5.74, 6) is -0.749. The van der Waals surface area contributed by atoms with Crippen molar-refractivity contribution in [2.75, 3.05) is 6.54 Å². The zero-order chi connectivity index (χ0) is 13.2. The van der Waals surface area contributed by atoms with E-state index in [1.54, 1.807) is 11.8 Å². The van der Waals surface area contributed by atoms with Crippen LogP contribution >= 0.6 is 11.8 Å². The number of hydrogen-bond donors (Lipinski definition) is 2. The normalized spacial score (nSPS) is 22.7. The van der Waals surface area contributed by atoms with Gasteiger partial charge in [-0.2, -0.15) is 0 Å². The van der Waals surface area contributed by atoms with Crippen LogP contribution in [0.2, 0.25) is 0 Å². The Kier molecular flexibility index (Phi) is 3.44. The molecule has 19 heavy (non-hydrogen) atoms. The number of carbonyl (C=O) groups is 1. The van der Waals surface area contributed by atoms with Crippen LogP contribution in [0.5, 0.6) is 0 Å². The van der Waals surface area contributed by atoms with Crippen molar-refractivity contribution in [3.8, 4) is 0 Å². The number of carboxylic acids is 1. The molecule has 98 valence electrons. The molecular formula is C15H15NO2S. The number of carboxylic acid groups (broad SMARTS) is 1. The molecule has 2 aromatic carbocycles. The van der Waals surface area contributed by atoms with Gasteiger partial charge in [0.25, 0.3) is 0 Å². The molecule has 4 heteroatoms. The van der Waals surface area contributed by atoms with E-state index in [1.165, 1.54) is 15.7 Å². The lowest BCUT2D eigenvalue weighted by molar-refractivity contribution is -0.139. The molecule has 2 atom stereocenters. The lowest BCUT2D eigenvalue weighted by Gasteiger charge is -2.09. The molecule has 0 radical (unpaired) electrons. The first kappa shape index (κ1) is 12.5. The van der Waals surface area contributed by atoms with Crippen LogP contribution in [0, 0.1) is 0 Å². The molecule has 1 fully saturated rings. The molecule has 3 rings (SSSR count). The third-order valence-electron chi connectivity index (χ3n) is 3.41. The molecule has 0 bridgehead atoms. The zero-order valence-electron chi connectivity index (χ0n) is 10.4. The number of nitrogens with one attached hydrogen (secondary N) is 1. The van der Waals surface area contributed by atoms with Crippen molar-refractivity contribution >= 4 is 28.5 Å². The van der Waals surface area contributed by atoms with Crippen LogP contribution in [-0.4, -0.2) is 28.9 Å². The maximum Gasteiger partial charge on any atom is 0.320 e. The quantitative estimate of drug-likeness (QED) is 0.903. The van der Waals surface area contributed by atoms with Gasteiger partial charge in [0, 0.05) is 16.7 Å². The maximum atomic E-state index is 10.9. The van der Waals surface area contributed by atoms with E-state index >= 15 is 0 Å². The summed E-state index contributed by atoms with van der Waals surface area (Å²) in [4.78, 5) is 12.1. The minimum atomic E-state index is -0.749. The van der Waals surface area contributed by atoms with E-state index in [9.17, 15) is 4.79 Å². The fourth-order valence-corrected chi connectivity index (χ4v) is 3.61. The molecule has 0 aromatic heterocycles. The number of hydrogen-bond acceptors (Lipinski definition) is 3. The fourth-order valence-electron chi connectivity index (χ4n) is 2.41. The molecule has 1 unspecified atom stereocenters. The van der Waals surface area contributed by atoms with Gasteiger partial charge in [-0.3, -0.25) is 4.79 Å². The summed E-state index contributed by atoms with van der Waals surface area (Å²) in [5.41, 5.74) is 0. The van der Waals surface area contributed by atoms with Gasteiger partial charge in [0.1, 0.15) is 6.04 Å². The topological polar surface area (TPSA) is 49.3 Å². The second-order valence-corrected chi connectivity index (χ2v) is 6.16. The van der Waals surface area contributed by atoms with E-state index in [2.05, 4.69) is 35.6 Å². The van der Waals surface area contributed by atoms with Gasteiger partial charge in [0.2, 0.25) is 0 Å². The number of rotatable bonds is 3. The minimum absolute atomic E-state index is 0.335. The molecule has 1 aliphatic heterocycles. The first-order valence-corrected chi connectivity index (χ1v) is 7.22. The van der Waals surface area contributed by atoms with Gasteiger partial charge >= 0.3 is 5.97 Å². The molecule has 0 spiro atoms. The van der Waals surface area contributed by atoms with Gasteiger partial charge < -0.3 is 10.4 Å². The summed E-state index contributed by atoms with van der Waals surface area (Å²) >= 11 is 1.76. The van der Waals surface area contributed by atoms with E-state index in [0.717, 1.165) is 6.54 Å². The zero-order valence-corrected chi connectivity index (χ0v) is 11.2. The molecular weight excluding hydrogens is 258 g/mol. The Hall–Kier alpha value is -1.52. The van der Waals surface area contributed by atoms with Gasteiger partial charge in [0.15, 0.2) is 0 Å². The molecule has 1 saturated heterocycles. The summed E-state index contributed by atoms with van der Waals surface area (Å²) in [6, 6.07) is 14.3. The number of fused-ring (bicyclic) bond motifs is 1. The van der Waals surface area contributed by atoms with Gasteiger partial charge in [-0.15, -0.1) is 11.8 Å². The maximum absolute atomic E-state index is 10.9. The Morgan fingerprint density at radius 3 is 2.74 bits per heavy atom. The van der Waals surface area contributed by atoms with Crippen molar-refractivity contribution in [3.05, 3.63) is 42.5 Å². The Morgan fingerprint density at radius 2 is 2.00 bits per heavy atom. The smallest absolute Gasteiger partial charge is 0.320 e. The molecule has 0 amide bonds. The SMILES string of the molecule is O=C(O)[C@H]1CC(Sc2ccc3ccccc3c2)CN1. The van der Waals surface area contributed by atoms with Crippen molar-refractivity contribution in [3.63, 3.8) is 0 Å². The highest BCUT2D eigenvalue weighted by molar-refractivity contribution is 8.00. The molecule has 0 aliphatic carbocycles. The van der Waals surface area contributed by atoms with Gasteiger partial charge in [-0.25, -0.2) is 0 Å². The van der Waals surface area contributed by atoms with Crippen molar-refractivity contribution in [1.82, 2.24) is 5.32 Å². The summed E-state index contributed by atoms with van der Waals surface area (Å²) < 4.78 is 0. The standard InChI is InChI=1S/C15H15NO2S/c17-15(18)14-8-13(9-16-14)19-12-6-5-10-3-1-2-4-11(10)7-12/h1-7,13-14,16H,8-9H2,(H,17,18)/t13?,14-/m1/s1. The summed E-state index contributed by atoms with van der Waals surface area (Å²) in [7, 11) is 0. The Balaban J connectivity index is 1.73. The largest absolute Gasteiger partial charge is 0.480 e. The number of thioether (sulfide) groups is 1. The Morgan fingerprint density at radius 1 is 1.21 bits per heavy atom. The van der Waals surface area contributed by atoms with Crippen molar-refractivity contribution in [2.24, 2.45) is 0 Å². The van der Waals surface area contributed by atoms with Crippen molar-refractivity contribution in [2.45, 2.75) is 22.6 Å². The highest BCUT2D eigenvalue weighted by Crippen LogP contribution is 2.31. The Bertz CT molecular complexity index is 614. The van der Waals surface area contributed by atoms with Crippen LogP contribution in [0.1, 0.15) is 6.42 Å². The van der Waals surface area contributed by atoms with Crippen LogP contribution in [0.15, 0.2) is 47.4 Å². The van der Waals surface area contributed by atoms with E-state index < -0.39 is 12.0 Å². The fraction of sp³-hybridized carbons (Fsp3) is 0.267. The van der Waals surface area contributed by atoms with Gasteiger partial charge in [0.05, 0.1) is 0 Å². The average molecular weight is 273 g/mol. The molecule has 3 nitrogen and oxygen atoms in total. The lowest BCUT2D eigenvalue weighted by atomic mass is 10.1. The van der Waals surface area contributed by atoms with E-state index in [-0.39, 0.29) is 0 Å². The Labute approximate surface area is 116 Å². The first-order chi connectivity index (χ1) is 9.22. The van der Waals surface area contributed by atoms with E-state index in [0.29, 0.717) is 11.7 Å². The van der Waals surface area contributed by atoms with Gasteiger partial charge in [-0.1, -0.05) is 30.3 Å². The van der Waals surface area contributed by atoms with Crippen LogP contribution in [0.25, 0.3) is 10.8 Å². The molecule has 1 heterocycles. The first-order valence-electron chi connectivity index (χ1n) is 6.34. The number of aliphatic carboxylic acids is 1. The van der Waals surface area contributed by atoms with Crippen LogP contribution in [0.4, 0.5) is 0 Å². The van der Waals surface area contributed by atoms with E-state index in [1.807, 2.05) is 12.1 Å². The highest BCUT2D eigenvalue weighted by atomic mass is 32.2. The van der Waals surface area contributed by atoms with Crippen molar-refractivity contribution in [1.29, 1.82) is 0 Å².